The van der Waals surface area contributed by atoms with Gasteiger partial charge in [0.15, 0.2) is 0 Å². The van der Waals surface area contributed by atoms with Crippen LogP contribution in [0.15, 0.2) is 47.4 Å². The number of nitrogens with zero attached hydrogens (tertiary/aromatic N) is 1. The number of hydrogen-bond donors (Lipinski definition) is 0. The molecule has 0 amide bonds. The molecule has 1 nitrogen and oxygen atoms in total. The number of aromatic nitrogens is 1. The van der Waals surface area contributed by atoms with Crippen LogP contribution in [-0.4, -0.2) is 19.1 Å². The van der Waals surface area contributed by atoms with Gasteiger partial charge in [-0.1, -0.05) is 0 Å². The van der Waals surface area contributed by atoms with Crippen LogP contribution in [0.3, 0.4) is 0 Å². The number of aryl methyl sites for hydroxylation is 1. The molecule has 3 aromatic rings. The van der Waals surface area contributed by atoms with Gasteiger partial charge in [-0.2, -0.15) is 0 Å². The minimum absolute atomic E-state index is 0.516. The van der Waals surface area contributed by atoms with Gasteiger partial charge in [0.05, 0.1) is 0 Å². The van der Waals surface area contributed by atoms with E-state index in [1.807, 2.05) is 0 Å². The third kappa shape index (κ3) is 1.38. The summed E-state index contributed by atoms with van der Waals surface area (Å²) in [7, 11) is 2.15. The van der Waals surface area contributed by atoms with E-state index >= 15 is 0 Å². The maximum absolute atomic E-state index is 2.29. The molecule has 0 radical (unpaired) electrons. The third-order valence-corrected chi connectivity index (χ3v) is 4.60. The van der Waals surface area contributed by atoms with Gasteiger partial charge in [0.1, 0.15) is 0 Å². The van der Waals surface area contributed by atoms with E-state index in [9.17, 15) is 0 Å². The fourth-order valence-corrected chi connectivity index (χ4v) is 3.58. The second kappa shape index (κ2) is 3.41. The van der Waals surface area contributed by atoms with Crippen LogP contribution < -0.4 is 0 Å². The Morgan fingerprint density at radius 1 is 1.07 bits per heavy atom. The molecule has 0 fully saturated rings. The number of hydrogen-bond acceptors (Lipinski definition) is 0. The molecule has 0 saturated heterocycles. The molecule has 2 heteroatoms. The molecule has 0 spiro atoms. The van der Waals surface area contributed by atoms with Gasteiger partial charge >= 0.3 is 94.6 Å². The number of benzene rings is 1. The molecule has 0 atom stereocenters. The van der Waals surface area contributed by atoms with Crippen molar-refractivity contribution < 1.29 is 0 Å². The SMILES string of the molecule is Cn1c(-c2ccc[se]2)cc2ccccc21. The van der Waals surface area contributed by atoms with E-state index in [0.29, 0.717) is 14.5 Å². The van der Waals surface area contributed by atoms with Crippen molar-refractivity contribution in [2.75, 3.05) is 0 Å². The summed E-state index contributed by atoms with van der Waals surface area (Å²) in [4.78, 5) is 2.26. The summed E-state index contributed by atoms with van der Waals surface area (Å²) in [6, 6.07) is 15.2. The zero-order valence-corrected chi connectivity index (χ0v) is 10.2. The fourth-order valence-electron chi connectivity index (χ4n) is 1.95. The first kappa shape index (κ1) is 9.02. The average Bonchev–Trinajstić information content (AvgIpc) is 2.87. The van der Waals surface area contributed by atoms with Crippen LogP contribution in [0, 0.1) is 0 Å². The molecule has 0 bridgehead atoms. The van der Waals surface area contributed by atoms with Crippen molar-refractivity contribution in [3.05, 3.63) is 47.4 Å². The second-order valence-electron chi connectivity index (χ2n) is 3.62. The Kier molecular flexibility index (Phi) is 2.05. The summed E-state index contributed by atoms with van der Waals surface area (Å²) in [5, 5.41) is 1.33. The summed E-state index contributed by atoms with van der Waals surface area (Å²) in [5.74, 6) is 0. The van der Waals surface area contributed by atoms with Crippen molar-refractivity contribution in [2.45, 2.75) is 0 Å². The summed E-state index contributed by atoms with van der Waals surface area (Å²) in [6.45, 7) is 0. The molecular weight excluding hydrogens is 249 g/mol. The van der Waals surface area contributed by atoms with Gasteiger partial charge in [0, 0.05) is 0 Å². The molecule has 74 valence electrons. The Morgan fingerprint density at radius 3 is 2.67 bits per heavy atom. The average molecular weight is 260 g/mol. The number of rotatable bonds is 1. The van der Waals surface area contributed by atoms with Crippen LogP contribution in [-0.2, 0) is 7.05 Å². The normalized spacial score (nSPS) is 11.0. The van der Waals surface area contributed by atoms with Gasteiger partial charge in [0.2, 0.25) is 0 Å². The maximum atomic E-state index is 2.29. The first-order chi connectivity index (χ1) is 7.36. The van der Waals surface area contributed by atoms with Crippen molar-refractivity contribution in [3.8, 4) is 10.1 Å². The molecule has 0 aliphatic carbocycles. The van der Waals surface area contributed by atoms with Crippen LogP contribution >= 0.6 is 0 Å². The summed E-state index contributed by atoms with van der Waals surface area (Å²) in [6.07, 6.45) is 0. The second-order valence-corrected chi connectivity index (χ2v) is 5.61. The Morgan fingerprint density at radius 2 is 1.93 bits per heavy atom. The Balaban J connectivity index is 2.33. The molecule has 2 aromatic heterocycles. The monoisotopic (exact) mass is 261 g/mol. The van der Waals surface area contributed by atoms with Crippen LogP contribution in [0.25, 0.3) is 21.0 Å². The van der Waals surface area contributed by atoms with Gasteiger partial charge < -0.3 is 0 Å². The van der Waals surface area contributed by atoms with Crippen molar-refractivity contribution in [2.24, 2.45) is 7.05 Å². The molecule has 3 rings (SSSR count). The molecular formula is C13H11NSe. The summed E-state index contributed by atoms with van der Waals surface area (Å²) >= 11 is 0.516. The first-order valence-electron chi connectivity index (χ1n) is 4.94. The van der Waals surface area contributed by atoms with Crippen LogP contribution in [0.2, 0.25) is 0 Å². The Labute approximate surface area is 94.7 Å². The fraction of sp³-hybridized carbons (Fsp3) is 0.0769. The molecule has 2 heterocycles. The van der Waals surface area contributed by atoms with Gasteiger partial charge in [-0.15, -0.1) is 0 Å². The molecule has 0 N–H and O–H groups in total. The quantitative estimate of drug-likeness (QED) is 0.593. The van der Waals surface area contributed by atoms with Crippen molar-refractivity contribution in [1.82, 2.24) is 4.57 Å². The standard InChI is InChI=1S/C13H11NSe/c1-14-11-6-3-2-5-10(11)9-12(14)13-7-4-8-15-13/h2-9H,1H3. The Bertz CT molecular complexity index is 590. The molecule has 15 heavy (non-hydrogen) atoms. The van der Waals surface area contributed by atoms with Gasteiger partial charge in [-0.3, -0.25) is 0 Å². The predicted molar refractivity (Wildman–Crippen MR) is 65.3 cm³/mol. The van der Waals surface area contributed by atoms with E-state index in [2.05, 4.69) is 59.0 Å². The van der Waals surface area contributed by atoms with E-state index in [0.717, 1.165) is 0 Å². The van der Waals surface area contributed by atoms with Crippen molar-refractivity contribution in [1.29, 1.82) is 0 Å². The Hall–Kier alpha value is -1.24. The number of fused-ring (bicyclic) bond motifs is 1. The van der Waals surface area contributed by atoms with Crippen LogP contribution in [0.1, 0.15) is 0 Å². The minimum atomic E-state index is 0.516. The van der Waals surface area contributed by atoms with Crippen LogP contribution in [0.4, 0.5) is 0 Å². The molecule has 0 saturated carbocycles. The molecule has 0 unspecified atom stereocenters. The van der Waals surface area contributed by atoms with Crippen molar-refractivity contribution in [3.63, 3.8) is 0 Å². The summed E-state index contributed by atoms with van der Waals surface area (Å²) < 4.78 is 3.76. The zero-order chi connectivity index (χ0) is 10.3. The zero-order valence-electron chi connectivity index (χ0n) is 8.47. The van der Waals surface area contributed by atoms with E-state index in [1.165, 1.54) is 21.0 Å². The summed E-state index contributed by atoms with van der Waals surface area (Å²) in [5.41, 5.74) is 2.68. The van der Waals surface area contributed by atoms with E-state index in [4.69, 9.17) is 0 Å². The van der Waals surface area contributed by atoms with E-state index < -0.39 is 0 Å². The van der Waals surface area contributed by atoms with Crippen LogP contribution in [0.5, 0.6) is 0 Å². The van der Waals surface area contributed by atoms with Gasteiger partial charge in [-0.25, -0.2) is 0 Å². The van der Waals surface area contributed by atoms with Crippen molar-refractivity contribution >= 4 is 25.4 Å². The topological polar surface area (TPSA) is 4.93 Å². The molecule has 0 aliphatic rings. The molecule has 1 aromatic carbocycles. The first-order valence-corrected chi connectivity index (χ1v) is 6.79. The molecule has 0 aliphatic heterocycles. The van der Waals surface area contributed by atoms with Gasteiger partial charge in [0.25, 0.3) is 0 Å². The van der Waals surface area contributed by atoms with Gasteiger partial charge in [-0.05, 0) is 0 Å². The predicted octanol–water partition coefficient (Wildman–Crippen LogP) is 2.90. The number of para-hydroxylation sites is 1. The van der Waals surface area contributed by atoms with E-state index in [-0.39, 0.29) is 0 Å². The third-order valence-electron chi connectivity index (χ3n) is 2.73. The van der Waals surface area contributed by atoms with E-state index in [1.54, 1.807) is 0 Å².